The van der Waals surface area contributed by atoms with E-state index in [9.17, 15) is 4.79 Å². The monoisotopic (exact) mass is 237 g/mol. The molecule has 3 heteroatoms. The van der Waals surface area contributed by atoms with Gasteiger partial charge in [-0.05, 0) is 38.8 Å². The fourth-order valence-corrected chi connectivity index (χ4v) is 1.22. The van der Waals surface area contributed by atoms with E-state index < -0.39 is 5.60 Å². The van der Waals surface area contributed by atoms with Gasteiger partial charge in [0.15, 0.2) is 0 Å². The van der Waals surface area contributed by atoms with Crippen LogP contribution in [0.3, 0.4) is 0 Å². The molecular formula is C14H23NO2. The molecule has 0 aromatic carbocycles. The van der Waals surface area contributed by atoms with Gasteiger partial charge in [-0.2, -0.15) is 0 Å². The third-order valence-corrected chi connectivity index (χ3v) is 2.01. The molecule has 0 saturated heterocycles. The standard InChI is InChI=1S/C14H23NO2/c1-6-11(8-12(7-2)10-15)9-13(16)17-14(3,4)5/h6-8H,1,9-10,15H2,2-5H3/b11-8+,12-7+. The van der Waals surface area contributed by atoms with Gasteiger partial charge in [-0.15, -0.1) is 0 Å². The van der Waals surface area contributed by atoms with Gasteiger partial charge in [-0.3, -0.25) is 4.79 Å². The van der Waals surface area contributed by atoms with Crippen LogP contribution in [0.4, 0.5) is 0 Å². The van der Waals surface area contributed by atoms with E-state index in [1.165, 1.54) is 0 Å². The molecule has 96 valence electrons. The second-order valence-corrected chi connectivity index (χ2v) is 4.75. The summed E-state index contributed by atoms with van der Waals surface area (Å²) in [5, 5.41) is 0. The predicted molar refractivity (Wildman–Crippen MR) is 71.6 cm³/mol. The van der Waals surface area contributed by atoms with Crippen LogP contribution >= 0.6 is 0 Å². The first kappa shape index (κ1) is 15.7. The molecule has 0 aromatic rings. The van der Waals surface area contributed by atoms with Crippen molar-refractivity contribution >= 4 is 5.97 Å². The van der Waals surface area contributed by atoms with E-state index in [-0.39, 0.29) is 12.4 Å². The maximum absolute atomic E-state index is 11.6. The first-order chi connectivity index (χ1) is 7.82. The lowest BCUT2D eigenvalue weighted by molar-refractivity contribution is -0.153. The van der Waals surface area contributed by atoms with Crippen LogP contribution in [0.2, 0.25) is 0 Å². The highest BCUT2D eigenvalue weighted by Gasteiger charge is 2.16. The third-order valence-electron chi connectivity index (χ3n) is 2.01. The minimum Gasteiger partial charge on any atom is -0.460 e. The van der Waals surface area contributed by atoms with Crippen LogP contribution in [0, 0.1) is 0 Å². The number of nitrogens with two attached hydrogens (primary N) is 1. The molecule has 0 aliphatic carbocycles. The lowest BCUT2D eigenvalue weighted by Gasteiger charge is -2.19. The van der Waals surface area contributed by atoms with Crippen LogP contribution in [0.15, 0.2) is 36.0 Å². The Hall–Kier alpha value is -1.35. The number of carbonyl (C=O) groups is 1. The van der Waals surface area contributed by atoms with Crippen LogP contribution in [0.5, 0.6) is 0 Å². The molecule has 0 aliphatic rings. The first-order valence-electron chi connectivity index (χ1n) is 5.72. The third kappa shape index (κ3) is 7.53. The highest BCUT2D eigenvalue weighted by Crippen LogP contribution is 2.13. The van der Waals surface area contributed by atoms with E-state index in [0.717, 1.165) is 11.1 Å². The number of allylic oxidation sites excluding steroid dienone is 2. The molecule has 0 aromatic heterocycles. The quantitative estimate of drug-likeness (QED) is 0.591. The summed E-state index contributed by atoms with van der Waals surface area (Å²) in [5.74, 6) is -0.254. The lowest BCUT2D eigenvalue weighted by atomic mass is 10.1. The van der Waals surface area contributed by atoms with Crippen molar-refractivity contribution in [1.29, 1.82) is 0 Å². The van der Waals surface area contributed by atoms with Crippen molar-refractivity contribution in [3.8, 4) is 0 Å². The zero-order valence-electron chi connectivity index (χ0n) is 11.2. The van der Waals surface area contributed by atoms with Gasteiger partial charge in [-0.1, -0.05) is 24.8 Å². The average molecular weight is 237 g/mol. The molecule has 0 amide bonds. The predicted octanol–water partition coefficient (Wildman–Crippen LogP) is 2.74. The average Bonchev–Trinajstić information content (AvgIpc) is 2.21. The van der Waals surface area contributed by atoms with Gasteiger partial charge in [0.05, 0.1) is 6.42 Å². The Morgan fingerprint density at radius 3 is 2.29 bits per heavy atom. The fraction of sp³-hybridized carbons (Fsp3) is 0.500. The summed E-state index contributed by atoms with van der Waals surface area (Å²) in [6.07, 6.45) is 5.66. The summed E-state index contributed by atoms with van der Waals surface area (Å²) in [7, 11) is 0. The normalized spacial score (nSPS) is 13.5. The number of hydrogen-bond acceptors (Lipinski definition) is 3. The molecular weight excluding hydrogens is 214 g/mol. The van der Waals surface area contributed by atoms with Crippen molar-refractivity contribution in [3.05, 3.63) is 36.0 Å². The van der Waals surface area contributed by atoms with Gasteiger partial charge in [0.25, 0.3) is 0 Å². The van der Waals surface area contributed by atoms with Crippen molar-refractivity contribution < 1.29 is 9.53 Å². The number of ether oxygens (including phenoxy) is 1. The molecule has 0 atom stereocenters. The molecule has 0 unspecified atom stereocenters. The Kier molecular flexibility index (Phi) is 6.51. The van der Waals surface area contributed by atoms with E-state index >= 15 is 0 Å². The highest BCUT2D eigenvalue weighted by atomic mass is 16.6. The highest BCUT2D eigenvalue weighted by molar-refractivity contribution is 5.73. The van der Waals surface area contributed by atoms with E-state index in [1.54, 1.807) is 6.08 Å². The zero-order valence-corrected chi connectivity index (χ0v) is 11.2. The number of carbonyl (C=O) groups excluding carboxylic acids is 1. The van der Waals surface area contributed by atoms with E-state index in [0.29, 0.717) is 6.54 Å². The smallest absolute Gasteiger partial charge is 0.310 e. The van der Waals surface area contributed by atoms with Gasteiger partial charge in [-0.25, -0.2) is 0 Å². The lowest BCUT2D eigenvalue weighted by Crippen LogP contribution is -2.23. The van der Waals surface area contributed by atoms with Gasteiger partial charge in [0, 0.05) is 6.54 Å². The van der Waals surface area contributed by atoms with Gasteiger partial charge < -0.3 is 10.5 Å². The Morgan fingerprint density at radius 1 is 1.35 bits per heavy atom. The number of hydrogen-bond donors (Lipinski definition) is 1. The van der Waals surface area contributed by atoms with Crippen molar-refractivity contribution in [2.45, 2.75) is 39.7 Å². The van der Waals surface area contributed by atoms with Gasteiger partial charge in [0.1, 0.15) is 5.60 Å². The summed E-state index contributed by atoms with van der Waals surface area (Å²) >= 11 is 0. The number of rotatable bonds is 5. The minimum atomic E-state index is -0.458. The van der Waals surface area contributed by atoms with Gasteiger partial charge >= 0.3 is 5.97 Å². The molecule has 0 heterocycles. The Bertz CT molecular complexity index is 333. The zero-order chi connectivity index (χ0) is 13.5. The topological polar surface area (TPSA) is 52.3 Å². The second kappa shape index (κ2) is 7.07. The Labute approximate surface area is 104 Å². The molecule has 3 nitrogen and oxygen atoms in total. The van der Waals surface area contributed by atoms with Crippen LogP contribution in [0.1, 0.15) is 34.1 Å². The molecule has 17 heavy (non-hydrogen) atoms. The van der Waals surface area contributed by atoms with Crippen LogP contribution in [0.25, 0.3) is 0 Å². The van der Waals surface area contributed by atoms with Crippen molar-refractivity contribution in [2.24, 2.45) is 5.73 Å². The molecule has 0 fully saturated rings. The summed E-state index contributed by atoms with van der Waals surface area (Å²) < 4.78 is 5.24. The molecule has 0 aliphatic heterocycles. The second-order valence-electron chi connectivity index (χ2n) is 4.75. The van der Waals surface area contributed by atoms with Gasteiger partial charge in [0.2, 0.25) is 0 Å². The first-order valence-corrected chi connectivity index (χ1v) is 5.72. The van der Waals surface area contributed by atoms with Crippen molar-refractivity contribution in [2.75, 3.05) is 6.54 Å². The van der Waals surface area contributed by atoms with E-state index in [2.05, 4.69) is 6.58 Å². The SMILES string of the molecule is C=C/C(=C\C(=C/C)CN)CC(=O)OC(C)(C)C. The molecule has 0 rings (SSSR count). The maximum Gasteiger partial charge on any atom is 0.310 e. The van der Waals surface area contributed by atoms with E-state index in [1.807, 2.05) is 39.8 Å². The van der Waals surface area contributed by atoms with Crippen LogP contribution < -0.4 is 5.73 Å². The summed E-state index contributed by atoms with van der Waals surface area (Å²) in [6.45, 7) is 11.6. The molecule has 2 N–H and O–H groups in total. The number of esters is 1. The molecule has 0 bridgehead atoms. The Morgan fingerprint density at radius 2 is 1.94 bits per heavy atom. The van der Waals surface area contributed by atoms with Crippen molar-refractivity contribution in [3.63, 3.8) is 0 Å². The molecule has 0 spiro atoms. The summed E-state index contributed by atoms with van der Waals surface area (Å²) in [6, 6.07) is 0. The van der Waals surface area contributed by atoms with Crippen molar-refractivity contribution in [1.82, 2.24) is 0 Å². The summed E-state index contributed by atoms with van der Waals surface area (Å²) in [5.41, 5.74) is 6.89. The van der Waals surface area contributed by atoms with E-state index in [4.69, 9.17) is 10.5 Å². The molecule has 0 radical (unpaired) electrons. The van der Waals surface area contributed by atoms with Crippen LogP contribution in [-0.4, -0.2) is 18.1 Å². The largest absolute Gasteiger partial charge is 0.460 e. The summed E-state index contributed by atoms with van der Waals surface area (Å²) in [4.78, 5) is 11.6. The molecule has 0 saturated carbocycles. The fourth-order valence-electron chi connectivity index (χ4n) is 1.22. The van der Waals surface area contributed by atoms with Crippen LogP contribution in [-0.2, 0) is 9.53 Å². The minimum absolute atomic E-state index is 0.220. The Balaban J connectivity index is 4.62. The maximum atomic E-state index is 11.6.